The molecule has 0 amide bonds. The summed E-state index contributed by atoms with van der Waals surface area (Å²) >= 11 is 1.80. The second-order valence-corrected chi connectivity index (χ2v) is 10.0. The van der Waals surface area contributed by atoms with E-state index in [1.165, 1.54) is 0 Å². The monoisotopic (exact) mass is 428 g/mol. The molecule has 1 unspecified atom stereocenters. The van der Waals surface area contributed by atoms with Crippen LogP contribution in [-0.4, -0.2) is 74.8 Å². The third-order valence-electron chi connectivity index (χ3n) is 4.19. The summed E-state index contributed by atoms with van der Waals surface area (Å²) in [4.78, 5) is 4.52. The highest BCUT2D eigenvalue weighted by Crippen LogP contribution is 2.14. The second-order valence-electron chi connectivity index (χ2n) is 6.72. The van der Waals surface area contributed by atoms with Crippen LogP contribution in [0.5, 0.6) is 5.75 Å². The van der Waals surface area contributed by atoms with Crippen LogP contribution in [0.1, 0.15) is 19.4 Å². The van der Waals surface area contributed by atoms with Crippen LogP contribution in [0.3, 0.4) is 0 Å². The predicted octanol–water partition coefficient (Wildman–Crippen LogP) is 1.70. The molecule has 2 rings (SSSR count). The molecule has 1 aliphatic heterocycles. The molecule has 0 saturated carbocycles. The second kappa shape index (κ2) is 11.5. The van der Waals surface area contributed by atoms with Crippen molar-refractivity contribution in [2.24, 2.45) is 4.99 Å². The van der Waals surface area contributed by atoms with E-state index in [9.17, 15) is 8.42 Å². The molecule has 1 aliphatic rings. The topological polar surface area (TPSA) is 83.0 Å². The zero-order valence-electron chi connectivity index (χ0n) is 17.0. The highest BCUT2D eigenvalue weighted by molar-refractivity contribution is 7.99. The maximum absolute atomic E-state index is 12.4. The molecular weight excluding hydrogens is 396 g/mol. The van der Waals surface area contributed by atoms with Gasteiger partial charge in [0.15, 0.2) is 5.96 Å². The fourth-order valence-electron chi connectivity index (χ4n) is 2.77. The Balaban J connectivity index is 1.82. The highest BCUT2D eigenvalue weighted by atomic mass is 32.2. The lowest BCUT2D eigenvalue weighted by Crippen LogP contribution is -2.44. The average molecular weight is 429 g/mol. The van der Waals surface area contributed by atoms with Gasteiger partial charge in [0.05, 0.1) is 12.3 Å². The van der Waals surface area contributed by atoms with Crippen LogP contribution in [0.4, 0.5) is 0 Å². The molecule has 158 valence electrons. The summed E-state index contributed by atoms with van der Waals surface area (Å²) in [5.74, 6) is 3.24. The van der Waals surface area contributed by atoms with E-state index in [2.05, 4.69) is 15.6 Å². The Kier molecular flexibility index (Phi) is 9.40. The minimum Gasteiger partial charge on any atom is -0.489 e. The number of hydrogen-bond acceptors (Lipinski definition) is 5. The van der Waals surface area contributed by atoms with Crippen LogP contribution in [-0.2, 0) is 10.0 Å². The van der Waals surface area contributed by atoms with Crippen molar-refractivity contribution in [3.05, 3.63) is 29.8 Å². The van der Waals surface area contributed by atoms with Crippen LogP contribution in [0.2, 0.25) is 0 Å². The molecule has 1 fully saturated rings. The normalized spacial score (nSPS) is 17.2. The lowest BCUT2D eigenvalue weighted by Gasteiger charge is -2.25. The van der Waals surface area contributed by atoms with Crippen molar-refractivity contribution in [2.45, 2.75) is 26.9 Å². The number of thioether (sulfide) groups is 1. The SMILES string of the molecule is CCNC(=NCC(C)Oc1cccc(C)c1)NCCS(=O)(=O)N1CCSCC1. The Hall–Kier alpha value is -1.45. The number of sulfonamides is 1. The Morgan fingerprint density at radius 3 is 2.75 bits per heavy atom. The molecule has 7 nitrogen and oxygen atoms in total. The Morgan fingerprint density at radius 2 is 2.07 bits per heavy atom. The highest BCUT2D eigenvalue weighted by Gasteiger charge is 2.23. The molecule has 2 N–H and O–H groups in total. The largest absolute Gasteiger partial charge is 0.489 e. The minimum absolute atomic E-state index is 0.0669. The number of ether oxygens (including phenoxy) is 1. The van der Waals surface area contributed by atoms with E-state index in [-0.39, 0.29) is 11.9 Å². The number of aryl methyl sites for hydroxylation is 1. The molecule has 9 heteroatoms. The molecule has 28 heavy (non-hydrogen) atoms. The zero-order valence-corrected chi connectivity index (χ0v) is 18.6. The summed E-state index contributed by atoms with van der Waals surface area (Å²) in [6.07, 6.45) is -0.0909. The maximum Gasteiger partial charge on any atom is 0.215 e. The van der Waals surface area contributed by atoms with Gasteiger partial charge in [-0.25, -0.2) is 17.7 Å². The van der Waals surface area contributed by atoms with Gasteiger partial charge in [-0.3, -0.25) is 0 Å². The minimum atomic E-state index is -3.22. The fourth-order valence-corrected chi connectivity index (χ4v) is 5.26. The van der Waals surface area contributed by atoms with Crippen LogP contribution in [0.15, 0.2) is 29.3 Å². The standard InChI is InChI=1S/C19H32N4O3S2/c1-4-20-19(21-8-13-28(24,25)23-9-11-27-12-10-23)22-15-17(3)26-18-7-5-6-16(2)14-18/h5-7,14,17H,4,8-13,15H2,1-3H3,(H2,20,21,22). The van der Waals surface area contributed by atoms with Gasteiger partial charge in [0.2, 0.25) is 10.0 Å². The number of hydrogen-bond donors (Lipinski definition) is 2. The summed E-state index contributed by atoms with van der Waals surface area (Å²) in [5.41, 5.74) is 1.15. The van der Waals surface area contributed by atoms with Crippen LogP contribution in [0.25, 0.3) is 0 Å². The number of benzene rings is 1. The molecule has 1 saturated heterocycles. The van der Waals surface area contributed by atoms with Crippen molar-refractivity contribution in [1.29, 1.82) is 0 Å². The lowest BCUT2D eigenvalue weighted by atomic mass is 10.2. The number of nitrogens with one attached hydrogen (secondary N) is 2. The molecule has 0 radical (unpaired) electrons. The van der Waals surface area contributed by atoms with Crippen molar-refractivity contribution in [2.75, 3.05) is 50.0 Å². The molecule has 1 aromatic carbocycles. The first-order chi connectivity index (χ1) is 13.4. The van der Waals surface area contributed by atoms with E-state index in [1.807, 2.05) is 45.0 Å². The van der Waals surface area contributed by atoms with Crippen molar-refractivity contribution >= 4 is 27.7 Å². The van der Waals surface area contributed by atoms with Crippen molar-refractivity contribution in [3.8, 4) is 5.75 Å². The van der Waals surface area contributed by atoms with E-state index >= 15 is 0 Å². The molecule has 0 aliphatic carbocycles. The van der Waals surface area contributed by atoms with Gasteiger partial charge in [0, 0.05) is 37.7 Å². The Bertz CT molecular complexity index is 734. The molecule has 0 aromatic heterocycles. The summed E-state index contributed by atoms with van der Waals surface area (Å²) in [6.45, 7) is 8.68. The van der Waals surface area contributed by atoms with Crippen LogP contribution < -0.4 is 15.4 Å². The van der Waals surface area contributed by atoms with Gasteiger partial charge in [0.25, 0.3) is 0 Å². The van der Waals surface area contributed by atoms with Crippen LogP contribution in [0, 0.1) is 6.92 Å². The molecule has 1 heterocycles. The number of rotatable bonds is 9. The number of guanidine groups is 1. The number of nitrogens with zero attached hydrogens (tertiary/aromatic N) is 2. The van der Waals surface area contributed by atoms with Gasteiger partial charge in [-0.1, -0.05) is 12.1 Å². The van der Waals surface area contributed by atoms with Gasteiger partial charge in [-0.15, -0.1) is 0 Å². The smallest absolute Gasteiger partial charge is 0.215 e. The van der Waals surface area contributed by atoms with E-state index in [0.717, 1.165) is 22.8 Å². The first-order valence-electron chi connectivity index (χ1n) is 9.72. The molecular formula is C19H32N4O3S2. The van der Waals surface area contributed by atoms with Crippen molar-refractivity contribution in [3.63, 3.8) is 0 Å². The third kappa shape index (κ3) is 7.89. The molecule has 0 spiro atoms. The van der Waals surface area contributed by atoms with Gasteiger partial charge >= 0.3 is 0 Å². The first kappa shape index (κ1) is 22.8. The number of aliphatic imine (C=N–C) groups is 1. The van der Waals surface area contributed by atoms with Gasteiger partial charge in [-0.05, 0) is 38.5 Å². The Labute approximate surface area is 173 Å². The average Bonchev–Trinajstić information content (AvgIpc) is 2.67. The van der Waals surface area contributed by atoms with Gasteiger partial charge < -0.3 is 15.4 Å². The Morgan fingerprint density at radius 1 is 1.32 bits per heavy atom. The van der Waals surface area contributed by atoms with E-state index in [1.54, 1.807) is 16.1 Å². The quantitative estimate of drug-likeness (QED) is 0.460. The fraction of sp³-hybridized carbons (Fsp3) is 0.632. The summed E-state index contributed by atoms with van der Waals surface area (Å²) in [6, 6.07) is 7.92. The third-order valence-corrected chi connectivity index (χ3v) is 7.01. The zero-order chi connectivity index (χ0) is 20.4. The van der Waals surface area contributed by atoms with Crippen molar-refractivity contribution < 1.29 is 13.2 Å². The lowest BCUT2D eigenvalue weighted by molar-refractivity contribution is 0.230. The van der Waals surface area contributed by atoms with Crippen LogP contribution >= 0.6 is 11.8 Å². The van der Waals surface area contributed by atoms with E-state index in [0.29, 0.717) is 38.7 Å². The summed E-state index contributed by atoms with van der Waals surface area (Å²) in [5, 5.41) is 6.26. The summed E-state index contributed by atoms with van der Waals surface area (Å²) < 4.78 is 32.3. The summed E-state index contributed by atoms with van der Waals surface area (Å²) in [7, 11) is -3.22. The molecule has 1 atom stereocenters. The first-order valence-corrected chi connectivity index (χ1v) is 12.5. The maximum atomic E-state index is 12.4. The molecule has 0 bridgehead atoms. The van der Waals surface area contributed by atoms with Crippen molar-refractivity contribution in [1.82, 2.24) is 14.9 Å². The predicted molar refractivity (Wildman–Crippen MR) is 118 cm³/mol. The van der Waals surface area contributed by atoms with E-state index in [4.69, 9.17) is 4.74 Å². The van der Waals surface area contributed by atoms with Gasteiger partial charge in [-0.2, -0.15) is 11.8 Å². The molecule has 1 aromatic rings. The van der Waals surface area contributed by atoms with E-state index < -0.39 is 10.0 Å². The van der Waals surface area contributed by atoms with Gasteiger partial charge in [0.1, 0.15) is 11.9 Å².